The largest absolute Gasteiger partial charge is 0.368 e. The van der Waals surface area contributed by atoms with E-state index in [9.17, 15) is 4.79 Å². The molecule has 1 aliphatic rings. The van der Waals surface area contributed by atoms with E-state index in [0.29, 0.717) is 17.7 Å². The van der Waals surface area contributed by atoms with Crippen molar-refractivity contribution in [2.75, 3.05) is 5.73 Å². The average molecular weight is 220 g/mol. The van der Waals surface area contributed by atoms with Crippen LogP contribution in [0.1, 0.15) is 42.0 Å². The molecular weight excluding hydrogens is 204 g/mol. The molecule has 0 aliphatic heterocycles. The molecule has 2 rings (SSSR count). The van der Waals surface area contributed by atoms with Gasteiger partial charge in [0.2, 0.25) is 5.95 Å². The molecule has 1 aliphatic carbocycles. The smallest absolute Gasteiger partial charge is 0.220 e. The molecule has 0 spiro atoms. The van der Waals surface area contributed by atoms with Crippen molar-refractivity contribution < 1.29 is 4.79 Å². The normalized spacial score (nSPS) is 18.3. The van der Waals surface area contributed by atoms with Gasteiger partial charge in [0.1, 0.15) is 0 Å². The van der Waals surface area contributed by atoms with Crippen LogP contribution in [0.5, 0.6) is 0 Å². The van der Waals surface area contributed by atoms with Gasteiger partial charge < -0.3 is 11.5 Å². The Morgan fingerprint density at radius 2 is 2.00 bits per heavy atom. The Hall–Kier alpha value is -1.49. The average Bonchev–Trinajstić information content (AvgIpc) is 2.13. The van der Waals surface area contributed by atoms with Crippen LogP contribution < -0.4 is 11.5 Å². The van der Waals surface area contributed by atoms with Crippen LogP contribution in [-0.4, -0.2) is 15.8 Å². The molecule has 0 unspecified atom stereocenters. The maximum absolute atomic E-state index is 12.0. The van der Waals surface area contributed by atoms with Crippen LogP contribution in [0.3, 0.4) is 0 Å². The first-order valence-corrected chi connectivity index (χ1v) is 5.31. The second kappa shape index (κ2) is 3.52. The van der Waals surface area contributed by atoms with E-state index in [4.69, 9.17) is 11.5 Å². The zero-order valence-electron chi connectivity index (χ0n) is 9.58. The number of aromatic nitrogens is 2. The van der Waals surface area contributed by atoms with Crippen molar-refractivity contribution in [3.63, 3.8) is 0 Å². The van der Waals surface area contributed by atoms with E-state index in [0.717, 1.165) is 12.1 Å². The lowest BCUT2D eigenvalue weighted by atomic mass is 9.75. The lowest BCUT2D eigenvalue weighted by molar-refractivity contribution is 0.0908. The summed E-state index contributed by atoms with van der Waals surface area (Å²) in [6.45, 7) is 4.32. The maximum atomic E-state index is 12.0. The minimum Gasteiger partial charge on any atom is -0.368 e. The highest BCUT2D eigenvalue weighted by molar-refractivity contribution is 5.99. The molecule has 0 fully saturated rings. The summed E-state index contributed by atoms with van der Waals surface area (Å²) in [6, 6.07) is 0. The lowest BCUT2D eigenvalue weighted by Gasteiger charge is -2.30. The predicted molar refractivity (Wildman–Crippen MR) is 60.8 cm³/mol. The molecule has 0 bridgehead atoms. The summed E-state index contributed by atoms with van der Waals surface area (Å²) in [5.74, 6) is 0.274. The minimum atomic E-state index is -0.0588. The zero-order valence-corrected chi connectivity index (χ0v) is 9.58. The number of nitrogen functional groups attached to an aromatic ring is 1. The molecule has 5 nitrogen and oxygen atoms in total. The van der Waals surface area contributed by atoms with Crippen LogP contribution in [0.15, 0.2) is 0 Å². The molecule has 0 aromatic carbocycles. The van der Waals surface area contributed by atoms with E-state index in [1.807, 2.05) is 13.8 Å². The highest BCUT2D eigenvalue weighted by Gasteiger charge is 2.34. The van der Waals surface area contributed by atoms with Crippen LogP contribution in [0.2, 0.25) is 0 Å². The number of rotatable bonds is 1. The van der Waals surface area contributed by atoms with Gasteiger partial charge >= 0.3 is 0 Å². The van der Waals surface area contributed by atoms with Gasteiger partial charge in [-0.05, 0) is 11.8 Å². The van der Waals surface area contributed by atoms with Crippen LogP contribution >= 0.6 is 0 Å². The fourth-order valence-electron chi connectivity index (χ4n) is 2.22. The first-order valence-electron chi connectivity index (χ1n) is 5.31. The quantitative estimate of drug-likeness (QED) is 0.725. The monoisotopic (exact) mass is 220 g/mol. The predicted octanol–water partition coefficient (Wildman–Crippen LogP) is 0.673. The molecule has 5 heteroatoms. The number of carbonyl (C=O) groups excluding carboxylic acids is 1. The number of nitrogens with zero attached hydrogens (tertiary/aromatic N) is 2. The van der Waals surface area contributed by atoms with Crippen molar-refractivity contribution in [3.8, 4) is 0 Å². The Morgan fingerprint density at radius 1 is 1.31 bits per heavy atom. The highest BCUT2D eigenvalue weighted by Crippen LogP contribution is 2.34. The molecule has 0 saturated carbocycles. The molecule has 0 saturated heterocycles. The highest BCUT2D eigenvalue weighted by atomic mass is 16.1. The summed E-state index contributed by atoms with van der Waals surface area (Å²) in [5.41, 5.74) is 13.0. The third-order valence-corrected chi connectivity index (χ3v) is 2.83. The van der Waals surface area contributed by atoms with Gasteiger partial charge in [-0.2, -0.15) is 0 Å². The van der Waals surface area contributed by atoms with Gasteiger partial charge in [0.05, 0.1) is 17.0 Å². The van der Waals surface area contributed by atoms with Crippen molar-refractivity contribution in [3.05, 3.63) is 17.0 Å². The van der Waals surface area contributed by atoms with Crippen LogP contribution in [0, 0.1) is 5.41 Å². The number of hydrogen-bond acceptors (Lipinski definition) is 5. The van der Waals surface area contributed by atoms with E-state index in [1.54, 1.807) is 0 Å². The summed E-state index contributed by atoms with van der Waals surface area (Å²) in [6.07, 6.45) is 1.26. The lowest BCUT2D eigenvalue weighted by Crippen LogP contribution is -2.30. The van der Waals surface area contributed by atoms with Gasteiger partial charge in [0.25, 0.3) is 0 Å². The van der Waals surface area contributed by atoms with E-state index in [1.165, 1.54) is 0 Å². The molecule has 0 radical (unpaired) electrons. The Morgan fingerprint density at radius 3 is 2.62 bits per heavy atom. The SMILES string of the molecule is CC1(C)CC(=O)c2c(CN)nc(N)nc2C1. The molecular formula is C11H16N4O. The van der Waals surface area contributed by atoms with Gasteiger partial charge in [0, 0.05) is 13.0 Å². The van der Waals surface area contributed by atoms with Gasteiger partial charge in [-0.15, -0.1) is 0 Å². The van der Waals surface area contributed by atoms with Crippen molar-refractivity contribution in [2.45, 2.75) is 33.2 Å². The van der Waals surface area contributed by atoms with Gasteiger partial charge in [-0.1, -0.05) is 13.8 Å². The van der Waals surface area contributed by atoms with Gasteiger partial charge in [-0.3, -0.25) is 4.79 Å². The van der Waals surface area contributed by atoms with Gasteiger partial charge in [0.15, 0.2) is 5.78 Å². The second-order valence-corrected chi connectivity index (χ2v) is 5.00. The summed E-state index contributed by atoms with van der Waals surface area (Å²) in [7, 11) is 0. The van der Waals surface area contributed by atoms with Crippen LogP contribution in [-0.2, 0) is 13.0 Å². The van der Waals surface area contributed by atoms with Crippen molar-refractivity contribution >= 4 is 11.7 Å². The number of nitrogens with two attached hydrogens (primary N) is 2. The topological polar surface area (TPSA) is 94.9 Å². The molecule has 1 heterocycles. The summed E-state index contributed by atoms with van der Waals surface area (Å²) in [5, 5.41) is 0. The molecule has 1 aromatic rings. The summed E-state index contributed by atoms with van der Waals surface area (Å²) in [4.78, 5) is 20.2. The first kappa shape index (κ1) is 11.0. The Balaban J connectivity index is 2.60. The third-order valence-electron chi connectivity index (χ3n) is 2.83. The van der Waals surface area contributed by atoms with Crippen molar-refractivity contribution in [1.29, 1.82) is 0 Å². The molecule has 1 aromatic heterocycles. The van der Waals surface area contributed by atoms with Crippen LogP contribution in [0.25, 0.3) is 0 Å². The van der Waals surface area contributed by atoms with E-state index in [-0.39, 0.29) is 23.7 Å². The number of ketones is 1. The third kappa shape index (κ3) is 1.78. The second-order valence-electron chi connectivity index (χ2n) is 5.00. The fraction of sp³-hybridized carbons (Fsp3) is 0.545. The van der Waals surface area contributed by atoms with Crippen LogP contribution in [0.4, 0.5) is 5.95 Å². The Bertz CT molecular complexity index is 454. The minimum absolute atomic E-state index is 0.0588. The molecule has 0 amide bonds. The molecule has 4 N–H and O–H groups in total. The Labute approximate surface area is 94.3 Å². The van der Waals surface area contributed by atoms with E-state index >= 15 is 0 Å². The molecule has 16 heavy (non-hydrogen) atoms. The van der Waals surface area contributed by atoms with Gasteiger partial charge in [-0.25, -0.2) is 9.97 Å². The van der Waals surface area contributed by atoms with E-state index < -0.39 is 0 Å². The number of carbonyl (C=O) groups is 1. The van der Waals surface area contributed by atoms with E-state index in [2.05, 4.69) is 9.97 Å². The number of anilines is 1. The number of Topliss-reactive ketones (excluding diaryl/α,β-unsaturated/α-hetero) is 1. The summed E-state index contributed by atoms with van der Waals surface area (Å²) >= 11 is 0. The molecule has 86 valence electrons. The maximum Gasteiger partial charge on any atom is 0.220 e. The number of fused-ring (bicyclic) bond motifs is 1. The number of hydrogen-bond donors (Lipinski definition) is 2. The first-order chi connectivity index (χ1) is 7.43. The summed E-state index contributed by atoms with van der Waals surface area (Å²) < 4.78 is 0. The zero-order chi connectivity index (χ0) is 11.9. The standard InChI is InChI=1S/C11H16N4O/c1-11(2)3-6-9(8(16)4-11)7(5-12)15-10(13)14-6/h3-5,12H2,1-2H3,(H2,13,14,15). The molecule has 0 atom stereocenters. The Kier molecular flexibility index (Phi) is 2.42. The van der Waals surface area contributed by atoms with Crippen molar-refractivity contribution in [2.24, 2.45) is 11.1 Å². The fourth-order valence-corrected chi connectivity index (χ4v) is 2.22. The van der Waals surface area contributed by atoms with Crippen molar-refractivity contribution in [1.82, 2.24) is 9.97 Å².